The third-order valence-electron chi connectivity index (χ3n) is 2.45. The van der Waals surface area contributed by atoms with Crippen LogP contribution in [0.5, 0.6) is 0 Å². The van der Waals surface area contributed by atoms with Gasteiger partial charge in [-0.15, -0.1) is 11.3 Å². The lowest BCUT2D eigenvalue weighted by Crippen LogP contribution is -2.35. The van der Waals surface area contributed by atoms with Crippen LogP contribution in [0.2, 0.25) is 0 Å². The maximum Gasteiger partial charge on any atom is 0.265 e. The van der Waals surface area contributed by atoms with Gasteiger partial charge in [0.1, 0.15) is 6.54 Å². The summed E-state index contributed by atoms with van der Waals surface area (Å²) >= 11 is 1.60. The summed E-state index contributed by atoms with van der Waals surface area (Å²) in [6, 6.07) is 6.18. The lowest BCUT2D eigenvalue weighted by atomic mass is 10.4. The SMILES string of the molecule is Cc1ccc(CNC(=O)Cn2[nH]c(=O)ccc2=O)s1. The Morgan fingerprint density at radius 3 is 2.79 bits per heavy atom. The highest BCUT2D eigenvalue weighted by molar-refractivity contribution is 7.11. The summed E-state index contributed by atoms with van der Waals surface area (Å²) in [7, 11) is 0. The van der Waals surface area contributed by atoms with Crippen LogP contribution in [0, 0.1) is 6.92 Å². The van der Waals surface area contributed by atoms with E-state index in [1.807, 2.05) is 19.1 Å². The molecule has 0 spiro atoms. The molecule has 0 radical (unpaired) electrons. The lowest BCUT2D eigenvalue weighted by Gasteiger charge is -2.05. The molecule has 0 aliphatic rings. The predicted octanol–water partition coefficient (Wildman–Crippen LogP) is 0.223. The van der Waals surface area contributed by atoms with Crippen LogP contribution in [0.25, 0.3) is 0 Å². The number of aromatic amines is 1. The van der Waals surface area contributed by atoms with E-state index >= 15 is 0 Å². The summed E-state index contributed by atoms with van der Waals surface area (Å²) in [5.41, 5.74) is -0.831. The summed E-state index contributed by atoms with van der Waals surface area (Å²) in [6.45, 7) is 2.21. The number of thiophene rings is 1. The summed E-state index contributed by atoms with van der Waals surface area (Å²) in [5.74, 6) is -0.324. The molecule has 2 aromatic heterocycles. The minimum absolute atomic E-state index is 0.195. The second-order valence-corrected chi connectivity index (χ2v) is 5.40. The van der Waals surface area contributed by atoms with Gasteiger partial charge in [0.05, 0.1) is 6.54 Å². The number of aryl methyl sites for hydroxylation is 1. The van der Waals surface area contributed by atoms with Crippen LogP contribution in [0.3, 0.4) is 0 Å². The predicted molar refractivity (Wildman–Crippen MR) is 72.2 cm³/mol. The highest BCUT2D eigenvalue weighted by Crippen LogP contribution is 2.14. The maximum absolute atomic E-state index is 11.7. The van der Waals surface area contributed by atoms with E-state index in [0.717, 1.165) is 21.7 Å². The molecule has 0 saturated carbocycles. The molecule has 6 nitrogen and oxygen atoms in total. The maximum atomic E-state index is 11.7. The molecule has 1 amide bonds. The molecule has 100 valence electrons. The first-order valence-electron chi connectivity index (χ1n) is 5.67. The Kier molecular flexibility index (Phi) is 3.96. The molecule has 7 heteroatoms. The van der Waals surface area contributed by atoms with Crippen LogP contribution in [0.4, 0.5) is 0 Å². The van der Waals surface area contributed by atoms with E-state index in [1.165, 1.54) is 4.88 Å². The topological polar surface area (TPSA) is 84.0 Å². The standard InChI is InChI=1S/C12H13N3O3S/c1-8-2-3-9(19-8)6-13-11(17)7-15-12(18)5-4-10(16)14-15/h2-5H,6-7H2,1H3,(H,13,17)(H,14,16). The first-order chi connectivity index (χ1) is 9.04. The molecular formula is C12H13N3O3S. The number of H-pyrrole nitrogens is 1. The van der Waals surface area contributed by atoms with Crippen LogP contribution in [-0.4, -0.2) is 15.7 Å². The van der Waals surface area contributed by atoms with Gasteiger partial charge in [-0.3, -0.25) is 19.5 Å². The molecule has 0 atom stereocenters. The fraction of sp³-hybridized carbons (Fsp3) is 0.250. The first-order valence-corrected chi connectivity index (χ1v) is 6.48. The van der Waals surface area contributed by atoms with Gasteiger partial charge in [0, 0.05) is 21.9 Å². The average Bonchev–Trinajstić information content (AvgIpc) is 2.77. The fourth-order valence-electron chi connectivity index (χ4n) is 1.55. The van der Waals surface area contributed by atoms with Crippen molar-refractivity contribution in [1.29, 1.82) is 0 Å². The highest BCUT2D eigenvalue weighted by Gasteiger charge is 2.05. The average molecular weight is 279 g/mol. The van der Waals surface area contributed by atoms with E-state index in [1.54, 1.807) is 11.3 Å². The Hall–Kier alpha value is -2.15. The van der Waals surface area contributed by atoms with E-state index in [2.05, 4.69) is 10.4 Å². The van der Waals surface area contributed by atoms with Crippen LogP contribution in [-0.2, 0) is 17.9 Å². The molecule has 0 aliphatic heterocycles. The number of nitrogens with one attached hydrogen (secondary N) is 2. The monoisotopic (exact) mass is 279 g/mol. The van der Waals surface area contributed by atoms with Crippen molar-refractivity contribution in [1.82, 2.24) is 15.1 Å². The van der Waals surface area contributed by atoms with E-state index in [4.69, 9.17) is 0 Å². The van der Waals surface area contributed by atoms with Crippen molar-refractivity contribution in [3.8, 4) is 0 Å². The molecule has 19 heavy (non-hydrogen) atoms. The van der Waals surface area contributed by atoms with Gasteiger partial charge in [-0.05, 0) is 19.1 Å². The number of aromatic nitrogens is 2. The van der Waals surface area contributed by atoms with Crippen molar-refractivity contribution >= 4 is 17.2 Å². The Morgan fingerprint density at radius 1 is 1.32 bits per heavy atom. The first kappa shape index (κ1) is 13.3. The second-order valence-electron chi connectivity index (χ2n) is 4.02. The molecule has 0 bridgehead atoms. The lowest BCUT2D eigenvalue weighted by molar-refractivity contribution is -0.122. The highest BCUT2D eigenvalue weighted by atomic mass is 32.1. The van der Waals surface area contributed by atoms with Gasteiger partial charge < -0.3 is 5.32 Å². The summed E-state index contributed by atoms with van der Waals surface area (Å²) in [6.07, 6.45) is 0. The van der Waals surface area contributed by atoms with Gasteiger partial charge in [0.15, 0.2) is 0 Å². The van der Waals surface area contributed by atoms with Crippen LogP contribution in [0.1, 0.15) is 9.75 Å². The van der Waals surface area contributed by atoms with E-state index in [-0.39, 0.29) is 12.5 Å². The number of amides is 1. The third-order valence-corrected chi connectivity index (χ3v) is 3.45. The molecule has 2 rings (SSSR count). The quantitative estimate of drug-likeness (QED) is 0.840. The number of nitrogens with zero attached hydrogens (tertiary/aromatic N) is 1. The number of hydrogen-bond acceptors (Lipinski definition) is 4. The summed E-state index contributed by atoms with van der Waals surface area (Å²) in [4.78, 5) is 36.3. The number of hydrogen-bond donors (Lipinski definition) is 2. The molecule has 2 aromatic rings. The van der Waals surface area contributed by atoms with Gasteiger partial charge in [-0.1, -0.05) is 0 Å². The fourth-order valence-corrected chi connectivity index (χ4v) is 2.38. The van der Waals surface area contributed by atoms with Crippen molar-refractivity contribution in [2.75, 3.05) is 0 Å². The van der Waals surface area contributed by atoms with E-state index in [0.29, 0.717) is 6.54 Å². The Balaban J connectivity index is 1.96. The van der Waals surface area contributed by atoms with Crippen molar-refractivity contribution in [2.24, 2.45) is 0 Å². The summed E-state index contributed by atoms with van der Waals surface area (Å²) < 4.78 is 0.983. The van der Waals surface area contributed by atoms with Crippen molar-refractivity contribution in [3.05, 3.63) is 54.7 Å². The van der Waals surface area contributed by atoms with Crippen LogP contribution < -0.4 is 16.4 Å². The normalized spacial score (nSPS) is 10.4. The van der Waals surface area contributed by atoms with Gasteiger partial charge in [-0.2, -0.15) is 0 Å². The minimum Gasteiger partial charge on any atom is -0.350 e. The van der Waals surface area contributed by atoms with Gasteiger partial charge >= 0.3 is 0 Å². The zero-order valence-corrected chi connectivity index (χ0v) is 11.1. The second kappa shape index (κ2) is 5.66. The Bertz CT molecular complexity index is 698. The summed E-state index contributed by atoms with van der Waals surface area (Å²) in [5, 5.41) is 5.00. The molecule has 0 unspecified atom stereocenters. The molecule has 0 saturated heterocycles. The Labute approximate surface area is 112 Å². The Morgan fingerprint density at radius 2 is 2.11 bits per heavy atom. The third kappa shape index (κ3) is 3.65. The van der Waals surface area contributed by atoms with Crippen molar-refractivity contribution in [3.63, 3.8) is 0 Å². The molecule has 2 heterocycles. The number of carbonyl (C=O) groups excluding carboxylic acids is 1. The number of carbonyl (C=O) groups is 1. The van der Waals surface area contributed by atoms with Crippen molar-refractivity contribution in [2.45, 2.75) is 20.0 Å². The van der Waals surface area contributed by atoms with Crippen molar-refractivity contribution < 1.29 is 4.79 Å². The smallest absolute Gasteiger partial charge is 0.265 e. The zero-order chi connectivity index (χ0) is 13.8. The van der Waals surface area contributed by atoms with Gasteiger partial charge in [0.25, 0.3) is 11.1 Å². The molecule has 0 fully saturated rings. The largest absolute Gasteiger partial charge is 0.350 e. The minimum atomic E-state index is -0.415. The van der Waals surface area contributed by atoms with Crippen LogP contribution in [0.15, 0.2) is 33.9 Å². The molecule has 2 N–H and O–H groups in total. The van der Waals surface area contributed by atoms with Crippen LogP contribution >= 0.6 is 11.3 Å². The van der Waals surface area contributed by atoms with Gasteiger partial charge in [0.2, 0.25) is 5.91 Å². The molecule has 0 aliphatic carbocycles. The number of rotatable bonds is 4. The molecule has 0 aromatic carbocycles. The van der Waals surface area contributed by atoms with Gasteiger partial charge in [-0.25, -0.2) is 4.68 Å². The van der Waals surface area contributed by atoms with E-state index in [9.17, 15) is 14.4 Å². The molecular weight excluding hydrogens is 266 g/mol. The van der Waals surface area contributed by atoms with E-state index < -0.39 is 11.1 Å². The zero-order valence-electron chi connectivity index (χ0n) is 10.3.